The summed E-state index contributed by atoms with van der Waals surface area (Å²) < 4.78 is 27.5. The third-order valence-corrected chi connectivity index (χ3v) is 5.49. The van der Waals surface area contributed by atoms with E-state index >= 15 is 0 Å². The van der Waals surface area contributed by atoms with Crippen LogP contribution in [-0.2, 0) is 16.6 Å². The lowest BCUT2D eigenvalue weighted by atomic mass is 9.88. The first kappa shape index (κ1) is 15.5. The summed E-state index contributed by atoms with van der Waals surface area (Å²) in [6.45, 7) is 2.97. The second-order valence-corrected chi connectivity index (χ2v) is 7.47. The molecule has 112 valence electrons. The number of hydrogen-bond acceptors (Lipinski definition) is 3. The second-order valence-electron chi connectivity index (χ2n) is 5.75. The Morgan fingerprint density at radius 3 is 2.25 bits per heavy atom. The van der Waals surface area contributed by atoms with E-state index in [1.54, 1.807) is 12.1 Å². The van der Waals surface area contributed by atoms with Gasteiger partial charge in [0.25, 0.3) is 0 Å². The fourth-order valence-corrected chi connectivity index (χ4v) is 3.96. The molecule has 1 saturated carbocycles. The van der Waals surface area contributed by atoms with E-state index in [0.29, 0.717) is 4.90 Å². The Morgan fingerprint density at radius 1 is 1.10 bits per heavy atom. The fourth-order valence-electron chi connectivity index (χ4n) is 2.66. The van der Waals surface area contributed by atoms with Gasteiger partial charge in [-0.05, 0) is 56.3 Å². The van der Waals surface area contributed by atoms with Crippen molar-refractivity contribution in [1.29, 1.82) is 0 Å². The van der Waals surface area contributed by atoms with Gasteiger partial charge in [-0.2, -0.15) is 0 Å². The summed E-state index contributed by atoms with van der Waals surface area (Å²) in [5.41, 5.74) is 1.08. The Labute approximate surface area is 122 Å². The molecule has 1 fully saturated rings. The van der Waals surface area contributed by atoms with Crippen LogP contribution in [-0.4, -0.2) is 21.5 Å². The van der Waals surface area contributed by atoms with Gasteiger partial charge in [0.1, 0.15) is 0 Å². The van der Waals surface area contributed by atoms with E-state index in [1.807, 2.05) is 19.2 Å². The van der Waals surface area contributed by atoms with Crippen LogP contribution >= 0.6 is 0 Å². The predicted octanol–water partition coefficient (Wildman–Crippen LogP) is 2.26. The van der Waals surface area contributed by atoms with Crippen molar-refractivity contribution >= 4 is 10.0 Å². The first-order valence-electron chi connectivity index (χ1n) is 7.27. The predicted molar refractivity (Wildman–Crippen MR) is 80.9 cm³/mol. The van der Waals surface area contributed by atoms with Crippen LogP contribution in [0.3, 0.4) is 0 Å². The summed E-state index contributed by atoms with van der Waals surface area (Å²) >= 11 is 0. The number of hydrogen-bond donors (Lipinski definition) is 2. The highest BCUT2D eigenvalue weighted by molar-refractivity contribution is 7.89. The third kappa shape index (κ3) is 4.04. The standard InChI is InChI=1S/C15H24N2O2S/c1-12-3-7-14(8-4-12)17-20(18,19)15-9-5-13(6-10-15)11-16-2/h5-6,9-10,12,14,16-17H,3-4,7-8,11H2,1-2H3. The average Bonchev–Trinajstić information content (AvgIpc) is 2.42. The normalized spacial score (nSPS) is 23.7. The molecular weight excluding hydrogens is 272 g/mol. The van der Waals surface area contributed by atoms with Crippen molar-refractivity contribution in [2.45, 2.75) is 50.1 Å². The van der Waals surface area contributed by atoms with Gasteiger partial charge >= 0.3 is 0 Å². The lowest BCUT2D eigenvalue weighted by molar-refractivity contribution is 0.332. The monoisotopic (exact) mass is 296 g/mol. The minimum Gasteiger partial charge on any atom is -0.316 e. The molecule has 1 aliphatic carbocycles. The van der Waals surface area contributed by atoms with E-state index < -0.39 is 10.0 Å². The minimum atomic E-state index is -3.38. The van der Waals surface area contributed by atoms with Crippen molar-refractivity contribution in [1.82, 2.24) is 10.0 Å². The Morgan fingerprint density at radius 2 is 1.70 bits per heavy atom. The zero-order valence-corrected chi connectivity index (χ0v) is 13.0. The van der Waals surface area contributed by atoms with Gasteiger partial charge < -0.3 is 5.32 Å². The highest BCUT2D eigenvalue weighted by Crippen LogP contribution is 2.24. The number of sulfonamides is 1. The van der Waals surface area contributed by atoms with Crippen molar-refractivity contribution in [3.63, 3.8) is 0 Å². The third-order valence-electron chi connectivity index (χ3n) is 3.95. The van der Waals surface area contributed by atoms with Gasteiger partial charge in [-0.25, -0.2) is 13.1 Å². The van der Waals surface area contributed by atoms with E-state index in [1.165, 1.54) is 0 Å². The van der Waals surface area contributed by atoms with Gasteiger partial charge in [-0.3, -0.25) is 0 Å². The molecule has 20 heavy (non-hydrogen) atoms. The van der Waals surface area contributed by atoms with Crippen molar-refractivity contribution in [2.24, 2.45) is 5.92 Å². The summed E-state index contributed by atoms with van der Waals surface area (Å²) in [5.74, 6) is 0.719. The average molecular weight is 296 g/mol. The summed E-state index contributed by atoms with van der Waals surface area (Å²) in [5, 5.41) is 3.05. The van der Waals surface area contributed by atoms with Crippen molar-refractivity contribution in [3.8, 4) is 0 Å². The number of benzene rings is 1. The summed E-state index contributed by atoms with van der Waals surface area (Å²) in [7, 11) is -1.51. The van der Waals surface area contributed by atoms with E-state index in [4.69, 9.17) is 0 Å². The molecule has 0 atom stereocenters. The van der Waals surface area contributed by atoms with Crippen molar-refractivity contribution in [2.75, 3.05) is 7.05 Å². The maximum atomic E-state index is 12.3. The molecule has 4 nitrogen and oxygen atoms in total. The molecule has 0 aliphatic heterocycles. The minimum absolute atomic E-state index is 0.0909. The maximum Gasteiger partial charge on any atom is 0.240 e. The molecule has 1 aromatic carbocycles. The molecule has 1 aromatic rings. The van der Waals surface area contributed by atoms with Gasteiger partial charge in [0.15, 0.2) is 0 Å². The second kappa shape index (κ2) is 6.70. The smallest absolute Gasteiger partial charge is 0.240 e. The van der Waals surface area contributed by atoms with E-state index in [2.05, 4.69) is 17.0 Å². The summed E-state index contributed by atoms with van der Waals surface area (Å²) in [6, 6.07) is 7.16. The highest BCUT2D eigenvalue weighted by Gasteiger charge is 2.23. The van der Waals surface area contributed by atoms with E-state index in [-0.39, 0.29) is 6.04 Å². The Hall–Kier alpha value is -0.910. The molecule has 2 rings (SSSR count). The van der Waals surface area contributed by atoms with Gasteiger partial charge in [0.05, 0.1) is 4.90 Å². The molecule has 0 saturated heterocycles. The summed E-state index contributed by atoms with van der Waals surface area (Å²) in [4.78, 5) is 0.357. The van der Waals surface area contributed by atoms with Crippen LogP contribution in [0.1, 0.15) is 38.2 Å². The Kier molecular flexibility index (Phi) is 5.18. The molecule has 0 bridgehead atoms. The molecule has 0 unspecified atom stereocenters. The zero-order chi connectivity index (χ0) is 14.6. The summed E-state index contributed by atoms with van der Waals surface area (Å²) in [6.07, 6.45) is 4.10. The SMILES string of the molecule is CNCc1ccc(S(=O)(=O)NC2CCC(C)CC2)cc1. The largest absolute Gasteiger partial charge is 0.316 e. The van der Waals surface area contributed by atoms with Crippen molar-refractivity contribution in [3.05, 3.63) is 29.8 Å². The van der Waals surface area contributed by atoms with Crippen molar-refractivity contribution < 1.29 is 8.42 Å². The topological polar surface area (TPSA) is 58.2 Å². The highest BCUT2D eigenvalue weighted by atomic mass is 32.2. The Balaban J connectivity index is 2.02. The van der Waals surface area contributed by atoms with Crippen LogP contribution in [0.4, 0.5) is 0 Å². The molecule has 0 aromatic heterocycles. The molecular formula is C15H24N2O2S. The van der Waals surface area contributed by atoms with Crippen LogP contribution in [0.25, 0.3) is 0 Å². The first-order chi connectivity index (χ1) is 9.51. The molecule has 0 amide bonds. The van der Waals surface area contributed by atoms with Gasteiger partial charge in [-0.1, -0.05) is 19.1 Å². The van der Waals surface area contributed by atoms with Crippen LogP contribution in [0.15, 0.2) is 29.2 Å². The van der Waals surface area contributed by atoms with Gasteiger partial charge in [0, 0.05) is 12.6 Å². The van der Waals surface area contributed by atoms with Gasteiger partial charge in [-0.15, -0.1) is 0 Å². The molecule has 0 heterocycles. The van der Waals surface area contributed by atoms with Crippen LogP contribution in [0, 0.1) is 5.92 Å². The molecule has 0 spiro atoms. The maximum absolute atomic E-state index is 12.3. The quantitative estimate of drug-likeness (QED) is 0.876. The van der Waals surface area contributed by atoms with Gasteiger partial charge in [0.2, 0.25) is 10.0 Å². The Bertz CT molecular complexity index is 517. The molecule has 5 heteroatoms. The number of rotatable bonds is 5. The zero-order valence-electron chi connectivity index (χ0n) is 12.2. The van der Waals surface area contributed by atoms with Crippen LogP contribution in [0.2, 0.25) is 0 Å². The molecule has 0 radical (unpaired) electrons. The fraction of sp³-hybridized carbons (Fsp3) is 0.600. The van der Waals surface area contributed by atoms with Crippen LogP contribution < -0.4 is 10.0 Å². The van der Waals surface area contributed by atoms with E-state index in [9.17, 15) is 8.42 Å². The molecule has 2 N–H and O–H groups in total. The number of nitrogens with one attached hydrogen (secondary N) is 2. The lowest BCUT2D eigenvalue weighted by Gasteiger charge is -2.26. The lowest BCUT2D eigenvalue weighted by Crippen LogP contribution is -2.37. The first-order valence-corrected chi connectivity index (χ1v) is 8.75. The van der Waals surface area contributed by atoms with E-state index in [0.717, 1.165) is 43.7 Å². The molecule has 1 aliphatic rings. The van der Waals surface area contributed by atoms with Crippen LogP contribution in [0.5, 0.6) is 0 Å².